The molecule has 0 fully saturated rings. The zero-order valence-corrected chi connectivity index (χ0v) is 13.8. The van der Waals surface area contributed by atoms with Crippen LogP contribution in [0.4, 0.5) is 0 Å². The molecule has 110 valence electrons. The fourth-order valence-electron chi connectivity index (χ4n) is 1.33. The molecule has 8 heteroatoms. The number of hydrogen-bond acceptors (Lipinski definition) is 5. The molecule has 1 aromatic heterocycles. The zero-order valence-electron chi connectivity index (χ0n) is 11.3. The summed E-state index contributed by atoms with van der Waals surface area (Å²) in [6.45, 7) is 3.08. The smallest absolute Gasteiger partial charge is 0.238 e. The average molecular weight is 324 g/mol. The molecule has 0 saturated carbocycles. The van der Waals surface area contributed by atoms with Crippen LogP contribution >= 0.6 is 23.1 Å². The molecule has 5 nitrogen and oxygen atoms in total. The van der Waals surface area contributed by atoms with Crippen LogP contribution in [-0.2, 0) is 10.2 Å². The molecule has 0 spiro atoms. The largest absolute Gasteiger partial charge is 0.279 e. The Morgan fingerprint density at radius 2 is 2.26 bits per heavy atom. The van der Waals surface area contributed by atoms with Gasteiger partial charge in [-0.1, -0.05) is 25.1 Å². The lowest BCUT2D eigenvalue weighted by Crippen LogP contribution is -2.39. The standard InChI is InChI=1S/C11H21N3O2S3/c1-3-4-8-14(2)19(15,16)13-6-5-9-17-11-12-7-10-18-11/h7,10,13H,3-6,8-9H2,1-2H3. The van der Waals surface area contributed by atoms with Crippen LogP contribution in [0.25, 0.3) is 0 Å². The monoisotopic (exact) mass is 323 g/mol. The SMILES string of the molecule is CCCCN(C)S(=O)(=O)NCCCSc1nccs1. The maximum Gasteiger partial charge on any atom is 0.279 e. The van der Waals surface area contributed by atoms with E-state index in [9.17, 15) is 8.42 Å². The Labute approximate surface area is 124 Å². The van der Waals surface area contributed by atoms with Gasteiger partial charge in [-0.2, -0.15) is 12.7 Å². The Kier molecular flexibility index (Phi) is 7.93. The van der Waals surface area contributed by atoms with Crippen molar-refractivity contribution in [2.75, 3.05) is 25.9 Å². The Morgan fingerprint density at radius 1 is 1.47 bits per heavy atom. The highest BCUT2D eigenvalue weighted by Crippen LogP contribution is 2.20. The molecule has 0 saturated heterocycles. The van der Waals surface area contributed by atoms with Crippen molar-refractivity contribution in [3.05, 3.63) is 11.6 Å². The van der Waals surface area contributed by atoms with Gasteiger partial charge in [-0.15, -0.1) is 11.3 Å². The fourth-order valence-corrected chi connectivity index (χ4v) is 3.97. The third-order valence-corrected chi connectivity index (χ3v) is 6.10. The van der Waals surface area contributed by atoms with Crippen molar-refractivity contribution in [2.24, 2.45) is 0 Å². The minimum Gasteiger partial charge on any atom is -0.238 e. The van der Waals surface area contributed by atoms with E-state index in [2.05, 4.69) is 9.71 Å². The third-order valence-electron chi connectivity index (χ3n) is 2.48. The van der Waals surface area contributed by atoms with Crippen molar-refractivity contribution in [1.82, 2.24) is 14.0 Å². The molecule has 1 aromatic rings. The minimum absolute atomic E-state index is 0.469. The van der Waals surface area contributed by atoms with E-state index in [1.165, 1.54) is 4.31 Å². The van der Waals surface area contributed by atoms with Crippen LogP contribution in [0.3, 0.4) is 0 Å². The van der Waals surface area contributed by atoms with Crippen molar-refractivity contribution in [3.63, 3.8) is 0 Å². The number of aromatic nitrogens is 1. The molecule has 0 aliphatic heterocycles. The van der Waals surface area contributed by atoms with E-state index >= 15 is 0 Å². The maximum atomic E-state index is 11.8. The lowest BCUT2D eigenvalue weighted by molar-refractivity contribution is 0.449. The van der Waals surface area contributed by atoms with Crippen molar-refractivity contribution in [2.45, 2.75) is 30.5 Å². The highest BCUT2D eigenvalue weighted by Gasteiger charge is 2.15. The zero-order chi connectivity index (χ0) is 14.1. The molecule has 1 N–H and O–H groups in total. The summed E-state index contributed by atoms with van der Waals surface area (Å²) in [6, 6.07) is 0. The number of nitrogens with one attached hydrogen (secondary N) is 1. The second-order valence-electron chi connectivity index (χ2n) is 4.07. The molecule has 1 heterocycles. The van der Waals surface area contributed by atoms with Crippen LogP contribution < -0.4 is 4.72 Å². The average Bonchev–Trinajstić information content (AvgIpc) is 2.88. The maximum absolute atomic E-state index is 11.8. The second-order valence-corrected chi connectivity index (χ2v) is 8.17. The van der Waals surface area contributed by atoms with Crippen LogP contribution in [0.1, 0.15) is 26.2 Å². The normalized spacial score (nSPS) is 12.2. The highest BCUT2D eigenvalue weighted by molar-refractivity contribution is 8.01. The number of rotatable bonds is 10. The van der Waals surface area contributed by atoms with Gasteiger partial charge in [0.05, 0.1) is 0 Å². The molecule has 19 heavy (non-hydrogen) atoms. The number of thiazole rings is 1. The fraction of sp³-hybridized carbons (Fsp3) is 0.727. The molecule has 1 rings (SSSR count). The molecular weight excluding hydrogens is 302 g/mol. The topological polar surface area (TPSA) is 62.3 Å². The first kappa shape index (κ1) is 16.9. The third kappa shape index (κ3) is 6.71. The molecule has 0 unspecified atom stereocenters. The summed E-state index contributed by atoms with van der Waals surface area (Å²) in [5.41, 5.74) is 0. The Morgan fingerprint density at radius 3 is 2.89 bits per heavy atom. The van der Waals surface area contributed by atoms with Crippen LogP contribution in [-0.4, -0.2) is 43.6 Å². The van der Waals surface area contributed by atoms with Crippen molar-refractivity contribution in [1.29, 1.82) is 0 Å². The van der Waals surface area contributed by atoms with E-state index < -0.39 is 10.2 Å². The van der Waals surface area contributed by atoms with Crippen LogP contribution in [0.5, 0.6) is 0 Å². The first-order valence-electron chi connectivity index (χ1n) is 6.29. The Hall–Kier alpha value is -0.150. The van der Waals surface area contributed by atoms with Crippen molar-refractivity contribution >= 4 is 33.3 Å². The first-order chi connectivity index (χ1) is 9.06. The van der Waals surface area contributed by atoms with E-state index in [0.717, 1.165) is 29.4 Å². The van der Waals surface area contributed by atoms with Gasteiger partial charge in [-0.3, -0.25) is 0 Å². The van der Waals surface area contributed by atoms with E-state index in [-0.39, 0.29) is 0 Å². The van der Waals surface area contributed by atoms with Gasteiger partial charge in [0.25, 0.3) is 10.2 Å². The Bertz CT molecular complexity index is 434. The number of nitrogens with zero attached hydrogens (tertiary/aromatic N) is 2. The molecule has 0 amide bonds. The molecule has 0 aromatic carbocycles. The van der Waals surface area contributed by atoms with E-state index in [1.54, 1.807) is 36.3 Å². The van der Waals surface area contributed by atoms with Gasteiger partial charge >= 0.3 is 0 Å². The van der Waals surface area contributed by atoms with Gasteiger partial charge in [0.2, 0.25) is 0 Å². The second kappa shape index (κ2) is 8.91. The van der Waals surface area contributed by atoms with Crippen LogP contribution in [0, 0.1) is 0 Å². The van der Waals surface area contributed by atoms with Gasteiger partial charge in [0.15, 0.2) is 0 Å². The summed E-state index contributed by atoms with van der Waals surface area (Å²) in [6.07, 6.45) is 4.45. The predicted molar refractivity (Wildman–Crippen MR) is 81.9 cm³/mol. The molecule has 0 radical (unpaired) electrons. The van der Waals surface area contributed by atoms with Gasteiger partial charge in [0, 0.05) is 37.5 Å². The number of thioether (sulfide) groups is 1. The summed E-state index contributed by atoms with van der Waals surface area (Å²) in [5, 5.41) is 1.94. The molecule has 0 atom stereocenters. The lowest BCUT2D eigenvalue weighted by atomic mass is 10.3. The van der Waals surface area contributed by atoms with E-state index in [1.807, 2.05) is 12.3 Å². The minimum atomic E-state index is -3.31. The van der Waals surface area contributed by atoms with Gasteiger partial charge in [-0.05, 0) is 12.8 Å². The lowest BCUT2D eigenvalue weighted by Gasteiger charge is -2.17. The van der Waals surface area contributed by atoms with E-state index in [0.29, 0.717) is 13.1 Å². The van der Waals surface area contributed by atoms with Crippen LogP contribution in [0.2, 0.25) is 0 Å². The van der Waals surface area contributed by atoms with Crippen molar-refractivity contribution in [3.8, 4) is 0 Å². The summed E-state index contributed by atoms with van der Waals surface area (Å²) in [4.78, 5) is 4.16. The summed E-state index contributed by atoms with van der Waals surface area (Å²) in [5.74, 6) is 0.870. The molecule has 0 bridgehead atoms. The van der Waals surface area contributed by atoms with Crippen LogP contribution in [0.15, 0.2) is 15.9 Å². The predicted octanol–water partition coefficient (Wildman–Crippen LogP) is 2.19. The molecule has 0 aliphatic carbocycles. The summed E-state index contributed by atoms with van der Waals surface area (Å²) >= 11 is 3.26. The van der Waals surface area contributed by atoms with Gasteiger partial charge in [-0.25, -0.2) is 9.71 Å². The van der Waals surface area contributed by atoms with Gasteiger partial charge < -0.3 is 0 Å². The molecule has 0 aliphatic rings. The van der Waals surface area contributed by atoms with E-state index in [4.69, 9.17) is 0 Å². The first-order valence-corrected chi connectivity index (χ1v) is 9.60. The number of unbranched alkanes of at least 4 members (excludes halogenated alkanes) is 1. The van der Waals surface area contributed by atoms with Gasteiger partial charge in [0.1, 0.15) is 4.34 Å². The number of hydrogen-bond donors (Lipinski definition) is 1. The highest BCUT2D eigenvalue weighted by atomic mass is 32.2. The summed E-state index contributed by atoms with van der Waals surface area (Å²) < 4.78 is 28.7. The summed E-state index contributed by atoms with van der Waals surface area (Å²) in [7, 11) is -1.69. The van der Waals surface area contributed by atoms with Crippen molar-refractivity contribution < 1.29 is 8.42 Å². The molecular formula is C11H21N3O2S3. The quantitative estimate of drug-likeness (QED) is 0.529. The Balaban J connectivity index is 2.16.